The highest BCUT2D eigenvalue weighted by Gasteiger charge is 2.11. The molecule has 0 aliphatic rings. The summed E-state index contributed by atoms with van der Waals surface area (Å²) in [6.45, 7) is 0. The van der Waals surface area contributed by atoms with Crippen LogP contribution in [0.25, 0.3) is 11.0 Å². The molecule has 0 fully saturated rings. The summed E-state index contributed by atoms with van der Waals surface area (Å²) in [4.78, 5) is 22.0. The molecular formula is C12H6O4. The topological polar surface area (TPSA) is 67.5 Å². The van der Waals surface area contributed by atoms with Crippen LogP contribution in [0, 0.1) is 12.3 Å². The molecule has 16 heavy (non-hydrogen) atoms. The molecule has 1 aromatic carbocycles. The lowest BCUT2D eigenvalue weighted by Gasteiger charge is -1.98. The molecule has 2 aromatic rings. The van der Waals surface area contributed by atoms with Gasteiger partial charge in [-0.2, -0.15) is 0 Å². The number of terminal acetylenes is 1. The minimum absolute atomic E-state index is 0.283. The van der Waals surface area contributed by atoms with E-state index in [4.69, 9.17) is 15.9 Å². The van der Waals surface area contributed by atoms with Crippen LogP contribution in [0.1, 0.15) is 15.9 Å². The van der Waals surface area contributed by atoms with Gasteiger partial charge in [0.25, 0.3) is 0 Å². The summed E-state index contributed by atoms with van der Waals surface area (Å²) in [5.41, 5.74) is -0.417. The highest BCUT2D eigenvalue weighted by Crippen LogP contribution is 2.15. The average molecular weight is 214 g/mol. The zero-order chi connectivity index (χ0) is 11.7. The third kappa shape index (κ3) is 1.55. The maximum atomic E-state index is 11.3. The first-order chi connectivity index (χ1) is 7.61. The first-order valence-corrected chi connectivity index (χ1v) is 4.39. The second-order valence-electron chi connectivity index (χ2n) is 3.15. The van der Waals surface area contributed by atoms with E-state index >= 15 is 0 Å². The molecule has 0 amide bonds. The molecule has 0 saturated carbocycles. The monoisotopic (exact) mass is 214 g/mol. The Balaban J connectivity index is 2.80. The minimum atomic E-state index is -1.31. The standard InChI is InChI=1S/C12H6O4/c1-2-7-3-4-8-6-9(11(13)14)12(15)16-10(8)5-7/h1,3-6H,(H,13,14). The molecule has 4 heteroatoms. The van der Waals surface area contributed by atoms with Gasteiger partial charge in [0, 0.05) is 10.9 Å². The first-order valence-electron chi connectivity index (χ1n) is 4.39. The number of carboxylic acid groups (broad SMARTS) is 1. The van der Waals surface area contributed by atoms with Crippen molar-refractivity contribution >= 4 is 16.9 Å². The molecule has 1 N–H and O–H groups in total. The smallest absolute Gasteiger partial charge is 0.351 e. The van der Waals surface area contributed by atoms with E-state index in [0.717, 1.165) is 0 Å². The molecule has 0 spiro atoms. The molecule has 0 unspecified atom stereocenters. The summed E-state index contributed by atoms with van der Waals surface area (Å²) in [6.07, 6.45) is 5.19. The number of hydrogen-bond donors (Lipinski definition) is 1. The predicted molar refractivity (Wildman–Crippen MR) is 57.4 cm³/mol. The van der Waals surface area contributed by atoms with Gasteiger partial charge < -0.3 is 9.52 Å². The van der Waals surface area contributed by atoms with Gasteiger partial charge in [-0.15, -0.1) is 6.42 Å². The molecule has 78 valence electrons. The second-order valence-corrected chi connectivity index (χ2v) is 3.15. The highest BCUT2D eigenvalue weighted by molar-refractivity contribution is 5.91. The van der Waals surface area contributed by atoms with Crippen LogP contribution in [0.5, 0.6) is 0 Å². The fourth-order valence-electron chi connectivity index (χ4n) is 1.35. The van der Waals surface area contributed by atoms with E-state index in [1.54, 1.807) is 12.1 Å². The lowest BCUT2D eigenvalue weighted by atomic mass is 10.1. The summed E-state index contributed by atoms with van der Waals surface area (Å²) in [7, 11) is 0. The van der Waals surface area contributed by atoms with Gasteiger partial charge >= 0.3 is 11.6 Å². The van der Waals surface area contributed by atoms with Crippen molar-refractivity contribution in [2.75, 3.05) is 0 Å². The van der Waals surface area contributed by atoms with Crippen molar-refractivity contribution in [3.8, 4) is 12.3 Å². The summed E-state index contributed by atoms with van der Waals surface area (Å²) in [6, 6.07) is 6.04. The Hall–Kier alpha value is -2.54. The van der Waals surface area contributed by atoms with E-state index in [1.807, 2.05) is 0 Å². The van der Waals surface area contributed by atoms with Crippen LogP contribution in [-0.4, -0.2) is 11.1 Å². The number of carboxylic acids is 1. The number of hydrogen-bond acceptors (Lipinski definition) is 3. The van der Waals surface area contributed by atoms with Crippen molar-refractivity contribution in [2.45, 2.75) is 0 Å². The van der Waals surface area contributed by atoms with E-state index in [9.17, 15) is 9.59 Å². The van der Waals surface area contributed by atoms with Gasteiger partial charge in [0.2, 0.25) is 0 Å². The van der Waals surface area contributed by atoms with Crippen LogP contribution in [0.2, 0.25) is 0 Å². The van der Waals surface area contributed by atoms with E-state index in [-0.39, 0.29) is 11.1 Å². The number of fused-ring (bicyclic) bond motifs is 1. The lowest BCUT2D eigenvalue weighted by Crippen LogP contribution is -2.12. The fourth-order valence-corrected chi connectivity index (χ4v) is 1.35. The summed E-state index contributed by atoms with van der Waals surface area (Å²) in [5, 5.41) is 9.26. The third-order valence-electron chi connectivity index (χ3n) is 2.13. The first kappa shape index (κ1) is 9.99. The molecule has 0 saturated heterocycles. The average Bonchev–Trinajstić information content (AvgIpc) is 2.27. The van der Waals surface area contributed by atoms with Gasteiger partial charge in [0.05, 0.1) is 0 Å². The molecule has 1 aromatic heterocycles. The fraction of sp³-hybridized carbons (Fsp3) is 0. The molecule has 0 radical (unpaired) electrons. The summed E-state index contributed by atoms with van der Waals surface area (Å²) < 4.78 is 4.86. The SMILES string of the molecule is C#Cc1ccc2cc(C(=O)O)c(=O)oc2c1. The van der Waals surface area contributed by atoms with Gasteiger partial charge in [-0.1, -0.05) is 5.92 Å². The summed E-state index contributed by atoms with van der Waals surface area (Å²) in [5.74, 6) is 1.09. The van der Waals surface area contributed by atoms with Crippen LogP contribution in [0.4, 0.5) is 0 Å². The van der Waals surface area contributed by atoms with Crippen molar-refractivity contribution in [3.63, 3.8) is 0 Å². The molecule has 2 rings (SSSR count). The number of rotatable bonds is 1. The second kappa shape index (κ2) is 3.55. The Bertz CT molecular complexity index is 673. The van der Waals surface area contributed by atoms with E-state index in [2.05, 4.69) is 5.92 Å². The van der Waals surface area contributed by atoms with E-state index in [0.29, 0.717) is 10.9 Å². The molecule has 4 nitrogen and oxygen atoms in total. The highest BCUT2D eigenvalue weighted by atomic mass is 16.4. The Morgan fingerprint density at radius 2 is 2.12 bits per heavy atom. The molecule has 0 aliphatic heterocycles. The molecular weight excluding hydrogens is 208 g/mol. The van der Waals surface area contributed by atoms with Gasteiger partial charge in [0.15, 0.2) is 0 Å². The number of carbonyl (C=O) groups is 1. The van der Waals surface area contributed by atoms with Crippen molar-refractivity contribution in [1.82, 2.24) is 0 Å². The predicted octanol–water partition coefficient (Wildman–Crippen LogP) is 1.47. The van der Waals surface area contributed by atoms with Crippen LogP contribution >= 0.6 is 0 Å². The van der Waals surface area contributed by atoms with Gasteiger partial charge in [0.1, 0.15) is 11.1 Å². The maximum Gasteiger partial charge on any atom is 0.351 e. The Morgan fingerprint density at radius 1 is 1.38 bits per heavy atom. The normalized spacial score (nSPS) is 9.94. The van der Waals surface area contributed by atoms with Crippen molar-refractivity contribution < 1.29 is 14.3 Å². The number of benzene rings is 1. The van der Waals surface area contributed by atoms with E-state index < -0.39 is 11.6 Å². The minimum Gasteiger partial charge on any atom is -0.477 e. The largest absolute Gasteiger partial charge is 0.477 e. The quantitative estimate of drug-likeness (QED) is 0.576. The van der Waals surface area contributed by atoms with Gasteiger partial charge in [-0.05, 0) is 24.3 Å². The maximum absolute atomic E-state index is 11.3. The van der Waals surface area contributed by atoms with Crippen molar-refractivity contribution in [1.29, 1.82) is 0 Å². The molecule has 0 bridgehead atoms. The molecule has 0 aliphatic carbocycles. The zero-order valence-electron chi connectivity index (χ0n) is 8.06. The van der Waals surface area contributed by atoms with Crippen LogP contribution in [0.3, 0.4) is 0 Å². The summed E-state index contributed by atoms with van der Waals surface area (Å²) >= 11 is 0. The van der Waals surface area contributed by atoms with Crippen LogP contribution in [0.15, 0.2) is 33.5 Å². The third-order valence-corrected chi connectivity index (χ3v) is 2.13. The van der Waals surface area contributed by atoms with Gasteiger partial charge in [-0.25, -0.2) is 9.59 Å². The lowest BCUT2D eigenvalue weighted by molar-refractivity contribution is 0.0692. The molecule has 1 heterocycles. The molecule has 0 atom stereocenters. The number of aromatic carboxylic acids is 1. The Kier molecular flexibility index (Phi) is 2.22. The van der Waals surface area contributed by atoms with Crippen molar-refractivity contribution in [2.24, 2.45) is 0 Å². The van der Waals surface area contributed by atoms with Gasteiger partial charge in [-0.3, -0.25) is 0 Å². The van der Waals surface area contributed by atoms with Crippen molar-refractivity contribution in [3.05, 3.63) is 45.8 Å². The van der Waals surface area contributed by atoms with Crippen LogP contribution < -0.4 is 5.63 Å². The van der Waals surface area contributed by atoms with Crippen LogP contribution in [-0.2, 0) is 0 Å². The Labute approximate surface area is 90.1 Å². The zero-order valence-corrected chi connectivity index (χ0v) is 8.06. The van der Waals surface area contributed by atoms with E-state index in [1.165, 1.54) is 12.1 Å². The Morgan fingerprint density at radius 3 is 2.75 bits per heavy atom.